The third kappa shape index (κ3) is 11.9. The summed E-state index contributed by atoms with van der Waals surface area (Å²) in [5.74, 6) is 1.44. The second-order valence-corrected chi connectivity index (χ2v) is 20.6. The Kier molecular flexibility index (Phi) is 15.3. The van der Waals surface area contributed by atoms with Gasteiger partial charge in [0.1, 0.15) is 0 Å². The van der Waals surface area contributed by atoms with Crippen molar-refractivity contribution in [3.05, 3.63) is 191 Å². The molecular weight excluding hydrogens is 864 g/mol. The molecule has 0 amide bonds. The first-order valence-corrected chi connectivity index (χ1v) is 24.8. The van der Waals surface area contributed by atoms with Gasteiger partial charge in [0, 0.05) is 25.5 Å². The summed E-state index contributed by atoms with van der Waals surface area (Å²) in [6.07, 6.45) is 0. The van der Waals surface area contributed by atoms with Crippen molar-refractivity contribution in [1.29, 1.82) is 0 Å². The van der Waals surface area contributed by atoms with Crippen LogP contribution in [0.1, 0.15) is 92.7 Å². The van der Waals surface area contributed by atoms with Gasteiger partial charge in [0.15, 0.2) is 0 Å². The molecule has 0 spiro atoms. The molecule has 332 valence electrons. The third-order valence-corrected chi connectivity index (χ3v) is 14.9. The number of hydrazone groups is 1. The van der Waals surface area contributed by atoms with Gasteiger partial charge in [0.2, 0.25) is 0 Å². The van der Waals surface area contributed by atoms with E-state index in [4.69, 9.17) is 10.0 Å². The number of rotatable bonds is 9. The highest BCUT2D eigenvalue weighted by Crippen LogP contribution is 2.46. The quantitative estimate of drug-likeness (QED) is 0.0551. The van der Waals surface area contributed by atoms with E-state index in [0.717, 1.165) is 27.4 Å². The SMILES string of the molecule is C/C(=N\NS(=O)(=O)c1ccc(C)cc1)c1ccc2c(c1)Nc1ccccc1S2.CC(C)c1ccc(B(O)O)cc1.CC(C)c1ccc(C(C)c2ccc3c(c2)Nc2ccccc2S3)cc1. The average Bonchev–Trinajstić information content (AvgIpc) is 3.32. The minimum atomic E-state index is -3.69. The first kappa shape index (κ1) is 47.2. The number of hydrogen-bond donors (Lipinski definition) is 5. The van der Waals surface area contributed by atoms with E-state index in [1.165, 1.54) is 48.3 Å². The van der Waals surface area contributed by atoms with Crippen LogP contribution < -0.4 is 20.9 Å². The zero-order chi connectivity index (χ0) is 46.3. The van der Waals surface area contributed by atoms with E-state index in [1.807, 2.05) is 67.2 Å². The molecule has 65 heavy (non-hydrogen) atoms. The summed E-state index contributed by atoms with van der Waals surface area (Å²) in [4.78, 5) is 7.40. The first-order valence-electron chi connectivity index (χ1n) is 21.7. The van der Waals surface area contributed by atoms with Gasteiger partial charge in [-0.3, -0.25) is 0 Å². The van der Waals surface area contributed by atoms with Gasteiger partial charge in [-0.1, -0.05) is 161 Å². The van der Waals surface area contributed by atoms with Crippen LogP contribution in [0.4, 0.5) is 22.7 Å². The lowest BCUT2D eigenvalue weighted by molar-refractivity contribution is 0.425. The molecule has 0 fully saturated rings. The molecular formula is C53H55BN4O4S3. The average molecular weight is 919 g/mol. The maximum absolute atomic E-state index is 12.4. The van der Waals surface area contributed by atoms with Crippen molar-refractivity contribution in [2.24, 2.45) is 5.10 Å². The minimum Gasteiger partial charge on any atom is -0.423 e. The van der Waals surface area contributed by atoms with E-state index in [2.05, 4.69) is 128 Å². The summed E-state index contributed by atoms with van der Waals surface area (Å²) in [6, 6.07) is 52.4. The molecule has 8 nitrogen and oxygen atoms in total. The Morgan fingerprint density at radius 3 is 1.57 bits per heavy atom. The Labute approximate surface area is 393 Å². The fraction of sp³-hybridized carbons (Fsp3) is 0.189. The van der Waals surface area contributed by atoms with E-state index in [1.54, 1.807) is 55.1 Å². The van der Waals surface area contributed by atoms with Crippen LogP contribution in [0.25, 0.3) is 0 Å². The van der Waals surface area contributed by atoms with Crippen LogP contribution in [0.2, 0.25) is 0 Å². The number of hydrogen-bond acceptors (Lipinski definition) is 9. The van der Waals surface area contributed by atoms with E-state index in [-0.39, 0.29) is 4.90 Å². The Balaban J connectivity index is 0.000000157. The van der Waals surface area contributed by atoms with Gasteiger partial charge in [-0.2, -0.15) is 18.4 Å². The highest BCUT2D eigenvalue weighted by atomic mass is 32.2. The molecule has 1 atom stereocenters. The summed E-state index contributed by atoms with van der Waals surface area (Å²) in [6.45, 7) is 14.7. The van der Waals surface area contributed by atoms with E-state index in [0.29, 0.717) is 28.9 Å². The topological polar surface area (TPSA) is 123 Å². The van der Waals surface area contributed by atoms with Gasteiger partial charge in [-0.05, 0) is 120 Å². The molecule has 7 aromatic rings. The molecule has 2 aliphatic heterocycles. The molecule has 5 N–H and O–H groups in total. The van der Waals surface area contributed by atoms with Crippen molar-refractivity contribution in [2.45, 2.75) is 90.7 Å². The molecule has 9 rings (SSSR count). The molecule has 0 saturated carbocycles. The number of benzene rings is 7. The molecule has 7 aromatic carbocycles. The lowest BCUT2D eigenvalue weighted by Gasteiger charge is -2.23. The predicted octanol–water partition coefficient (Wildman–Crippen LogP) is 12.6. The Hall–Kier alpha value is -5.76. The first-order chi connectivity index (χ1) is 31.1. The maximum atomic E-state index is 12.4. The van der Waals surface area contributed by atoms with Gasteiger partial charge in [-0.25, -0.2) is 0 Å². The number of para-hydroxylation sites is 2. The molecule has 0 aliphatic carbocycles. The second-order valence-electron chi connectivity index (χ2n) is 16.8. The number of nitrogens with one attached hydrogen (secondary N) is 3. The minimum absolute atomic E-state index is 0.190. The molecule has 1 unspecified atom stereocenters. The summed E-state index contributed by atoms with van der Waals surface area (Å²) < 4.78 is 24.8. The number of fused-ring (bicyclic) bond motifs is 4. The Bertz CT molecular complexity index is 2860. The van der Waals surface area contributed by atoms with E-state index < -0.39 is 17.1 Å². The van der Waals surface area contributed by atoms with Gasteiger partial charge in [0.05, 0.1) is 33.4 Å². The van der Waals surface area contributed by atoms with Crippen molar-refractivity contribution in [3.8, 4) is 0 Å². The zero-order valence-electron chi connectivity index (χ0n) is 37.7. The highest BCUT2D eigenvalue weighted by Gasteiger charge is 2.19. The largest absolute Gasteiger partial charge is 0.488 e. The van der Waals surface area contributed by atoms with Gasteiger partial charge in [0.25, 0.3) is 10.0 Å². The van der Waals surface area contributed by atoms with Crippen molar-refractivity contribution < 1.29 is 18.5 Å². The zero-order valence-corrected chi connectivity index (χ0v) is 40.2. The highest BCUT2D eigenvalue weighted by molar-refractivity contribution is 8.00. The number of anilines is 4. The van der Waals surface area contributed by atoms with Crippen LogP contribution in [0.3, 0.4) is 0 Å². The molecule has 2 aliphatic rings. The molecule has 0 aromatic heterocycles. The van der Waals surface area contributed by atoms with Crippen LogP contribution in [0.5, 0.6) is 0 Å². The second kappa shape index (κ2) is 21.0. The van der Waals surface area contributed by atoms with Crippen molar-refractivity contribution in [1.82, 2.24) is 4.83 Å². The summed E-state index contributed by atoms with van der Waals surface area (Å²) in [5, 5.41) is 28.7. The molecule has 0 saturated heterocycles. The predicted molar refractivity (Wildman–Crippen MR) is 273 cm³/mol. The number of sulfonamides is 1. The number of nitrogens with zero attached hydrogens (tertiary/aromatic N) is 1. The van der Waals surface area contributed by atoms with Gasteiger partial charge < -0.3 is 20.7 Å². The van der Waals surface area contributed by atoms with Crippen molar-refractivity contribution in [3.63, 3.8) is 0 Å². The summed E-state index contributed by atoms with van der Waals surface area (Å²) in [7, 11) is -5.05. The fourth-order valence-corrected chi connectivity index (χ4v) is 9.96. The molecule has 12 heteroatoms. The van der Waals surface area contributed by atoms with Crippen LogP contribution in [-0.4, -0.2) is 31.3 Å². The van der Waals surface area contributed by atoms with E-state index >= 15 is 0 Å². The lowest BCUT2D eigenvalue weighted by Crippen LogP contribution is -2.29. The summed E-state index contributed by atoms with van der Waals surface area (Å²) in [5.41, 5.74) is 12.8. The lowest BCUT2D eigenvalue weighted by atomic mass is 9.79. The smallest absolute Gasteiger partial charge is 0.423 e. The standard InChI is InChI=1S/C23H23NS.C21H19N3O2S2.C9H13BO2/c1-15(2)17-8-10-18(11-9-17)16(3)19-12-13-23-21(14-19)24-20-6-4-5-7-22(20)25-23;1-14-7-10-17(11-8-14)28(25,26)24-23-15(2)16-9-12-21-19(13-16)22-18-5-3-4-6-20(18)27-21;1-7(2)8-3-5-9(6-4-8)10(11)12/h4-16,24H,1-3H3;3-13,22,24H,1-2H3;3-7,11-12H,1-2H3/b;23-15+;. The number of aryl methyl sites for hydroxylation is 1. The molecule has 0 bridgehead atoms. The Morgan fingerprint density at radius 1 is 0.569 bits per heavy atom. The monoisotopic (exact) mass is 918 g/mol. The van der Waals surface area contributed by atoms with Crippen LogP contribution in [0.15, 0.2) is 187 Å². The molecule has 0 radical (unpaired) electrons. The summed E-state index contributed by atoms with van der Waals surface area (Å²) >= 11 is 3.55. The van der Waals surface area contributed by atoms with Crippen molar-refractivity contribution >= 4 is 74.6 Å². The van der Waals surface area contributed by atoms with Crippen LogP contribution >= 0.6 is 23.5 Å². The van der Waals surface area contributed by atoms with Crippen LogP contribution in [-0.2, 0) is 10.0 Å². The van der Waals surface area contributed by atoms with Crippen molar-refractivity contribution in [2.75, 3.05) is 10.6 Å². The van der Waals surface area contributed by atoms with Crippen LogP contribution in [0, 0.1) is 6.92 Å². The fourth-order valence-electron chi connectivity index (χ4n) is 7.17. The third-order valence-electron chi connectivity index (χ3n) is 11.3. The normalized spacial score (nSPS) is 12.9. The van der Waals surface area contributed by atoms with E-state index in [9.17, 15) is 8.42 Å². The van der Waals surface area contributed by atoms with Gasteiger partial charge in [-0.15, -0.1) is 0 Å². The maximum Gasteiger partial charge on any atom is 0.488 e. The molecule has 2 heterocycles. The Morgan fingerprint density at radius 2 is 1.03 bits per heavy atom. The van der Waals surface area contributed by atoms with Gasteiger partial charge >= 0.3 is 7.12 Å².